The highest BCUT2D eigenvalue weighted by molar-refractivity contribution is 6.07. The van der Waals surface area contributed by atoms with Crippen molar-refractivity contribution in [3.8, 4) is 11.1 Å². The van der Waals surface area contributed by atoms with Crippen molar-refractivity contribution < 1.29 is 19.5 Å². The topological polar surface area (TPSA) is 116 Å². The van der Waals surface area contributed by atoms with Gasteiger partial charge in [-0.05, 0) is 50.1 Å². The number of nitrogen functional groups attached to an aromatic ring is 1. The highest BCUT2D eigenvalue weighted by Crippen LogP contribution is 2.33. The van der Waals surface area contributed by atoms with E-state index in [2.05, 4.69) is 4.98 Å². The van der Waals surface area contributed by atoms with Crippen LogP contribution >= 0.6 is 0 Å². The molecule has 35 heavy (non-hydrogen) atoms. The second-order valence-corrected chi connectivity index (χ2v) is 9.05. The van der Waals surface area contributed by atoms with Crippen LogP contribution in [0.1, 0.15) is 37.0 Å². The first-order valence-electron chi connectivity index (χ1n) is 11.4. The van der Waals surface area contributed by atoms with Crippen LogP contribution in [0.4, 0.5) is 5.82 Å². The summed E-state index contributed by atoms with van der Waals surface area (Å²) in [5.74, 6) is 0.785. The molecule has 0 aliphatic carbocycles. The molecular formula is C26H31N5O4. The average Bonchev–Trinajstić information content (AvgIpc) is 3.18. The molecule has 0 radical (unpaired) electrons. The number of hydroxylamine groups is 2. The number of amides is 1. The molecule has 1 amide bonds. The zero-order valence-electron chi connectivity index (χ0n) is 20.7. The lowest BCUT2D eigenvalue weighted by molar-refractivity contribution is -0.0756. The van der Waals surface area contributed by atoms with E-state index >= 15 is 0 Å². The summed E-state index contributed by atoms with van der Waals surface area (Å²) in [5, 5.41) is 12.6. The maximum Gasteiger partial charge on any atom is 0.277 e. The number of carbonyl (C=O) groups excluding carboxylic acids is 1. The number of pyridine rings is 1. The summed E-state index contributed by atoms with van der Waals surface area (Å²) in [4.78, 5) is 26.6. The van der Waals surface area contributed by atoms with E-state index < -0.39 is 5.60 Å². The number of nitrogens with zero attached hydrogens (tertiary/aromatic N) is 4. The molecule has 4 rings (SSSR count). The number of fused-ring (bicyclic) bond motifs is 3. The third-order valence-electron chi connectivity index (χ3n) is 5.79. The van der Waals surface area contributed by atoms with E-state index in [1.807, 2.05) is 41.8 Å². The minimum Gasteiger partial charge on any atom is -0.389 e. The van der Waals surface area contributed by atoms with Crippen molar-refractivity contribution in [1.82, 2.24) is 19.6 Å². The van der Waals surface area contributed by atoms with Gasteiger partial charge in [-0.25, -0.2) is 15.0 Å². The normalized spacial score (nSPS) is 11.9. The zero-order chi connectivity index (χ0) is 25.3. The van der Waals surface area contributed by atoms with Crippen LogP contribution in [0, 0.1) is 0 Å². The lowest BCUT2D eigenvalue weighted by Gasteiger charge is -2.20. The van der Waals surface area contributed by atoms with Gasteiger partial charge in [0.1, 0.15) is 17.9 Å². The fourth-order valence-corrected chi connectivity index (χ4v) is 4.07. The Labute approximate surface area is 204 Å². The van der Waals surface area contributed by atoms with E-state index in [4.69, 9.17) is 20.3 Å². The predicted octanol–water partition coefficient (Wildman–Crippen LogP) is 3.77. The number of benzene rings is 2. The fraction of sp³-hybridized carbons (Fsp3) is 0.346. The third-order valence-corrected chi connectivity index (χ3v) is 5.79. The predicted molar refractivity (Wildman–Crippen MR) is 136 cm³/mol. The molecule has 4 aromatic rings. The summed E-state index contributed by atoms with van der Waals surface area (Å²) < 4.78 is 7.59. The van der Waals surface area contributed by atoms with E-state index in [1.54, 1.807) is 33.0 Å². The van der Waals surface area contributed by atoms with Crippen LogP contribution in [0.5, 0.6) is 0 Å². The van der Waals surface area contributed by atoms with E-state index in [9.17, 15) is 9.90 Å². The van der Waals surface area contributed by atoms with Crippen molar-refractivity contribution in [1.29, 1.82) is 0 Å². The third kappa shape index (κ3) is 4.97. The summed E-state index contributed by atoms with van der Waals surface area (Å²) >= 11 is 0. The monoisotopic (exact) mass is 477 g/mol. The van der Waals surface area contributed by atoms with Gasteiger partial charge in [-0.15, -0.1) is 0 Å². The van der Waals surface area contributed by atoms with Crippen LogP contribution in [0.3, 0.4) is 0 Å². The summed E-state index contributed by atoms with van der Waals surface area (Å²) in [6.45, 7) is 6.63. The van der Waals surface area contributed by atoms with Crippen molar-refractivity contribution in [3.63, 3.8) is 0 Å². The van der Waals surface area contributed by atoms with Gasteiger partial charge < -0.3 is 20.1 Å². The van der Waals surface area contributed by atoms with Gasteiger partial charge in [0, 0.05) is 24.6 Å². The van der Waals surface area contributed by atoms with Gasteiger partial charge in [-0.2, -0.15) is 0 Å². The Morgan fingerprint density at radius 1 is 1.14 bits per heavy atom. The minimum absolute atomic E-state index is 0.225. The number of imidazole rings is 1. The van der Waals surface area contributed by atoms with Crippen LogP contribution in [-0.4, -0.2) is 57.0 Å². The molecule has 0 unspecified atom stereocenters. The Bertz CT molecular complexity index is 1370. The number of hydrogen-bond acceptors (Lipinski definition) is 7. The first-order chi connectivity index (χ1) is 16.6. The van der Waals surface area contributed by atoms with Crippen LogP contribution in [0.25, 0.3) is 33.1 Å². The molecule has 9 heteroatoms. The summed E-state index contributed by atoms with van der Waals surface area (Å²) in [6.07, 6.45) is 0. The SMILES string of the molecule is CCOCc1nc2c(N)nc3cc(-c4ccc(C(=O)N(C)OC)cc4)ccc3c2n1CC(C)(C)O. The van der Waals surface area contributed by atoms with Gasteiger partial charge in [0.2, 0.25) is 0 Å². The highest BCUT2D eigenvalue weighted by Gasteiger charge is 2.23. The van der Waals surface area contributed by atoms with E-state index in [0.717, 1.165) is 22.0 Å². The number of aromatic nitrogens is 3. The van der Waals surface area contributed by atoms with Gasteiger partial charge >= 0.3 is 0 Å². The Hall–Kier alpha value is -3.53. The number of carbonyl (C=O) groups is 1. The number of rotatable bonds is 8. The molecule has 0 atom stereocenters. The zero-order valence-corrected chi connectivity index (χ0v) is 20.7. The largest absolute Gasteiger partial charge is 0.389 e. The molecular weight excluding hydrogens is 446 g/mol. The molecule has 0 spiro atoms. The van der Waals surface area contributed by atoms with Crippen molar-refractivity contribution in [2.75, 3.05) is 26.5 Å². The first-order valence-corrected chi connectivity index (χ1v) is 11.4. The van der Waals surface area contributed by atoms with Crippen LogP contribution < -0.4 is 5.73 Å². The molecule has 2 heterocycles. The van der Waals surface area contributed by atoms with Crippen LogP contribution in [0.15, 0.2) is 42.5 Å². The molecule has 0 bridgehead atoms. The number of anilines is 1. The highest BCUT2D eigenvalue weighted by atomic mass is 16.7. The average molecular weight is 478 g/mol. The second kappa shape index (κ2) is 9.61. The minimum atomic E-state index is -0.963. The summed E-state index contributed by atoms with van der Waals surface area (Å²) in [5.41, 5.74) is 9.90. The molecule has 184 valence electrons. The van der Waals surface area contributed by atoms with Gasteiger partial charge in [-0.3, -0.25) is 9.63 Å². The maximum absolute atomic E-state index is 12.3. The smallest absolute Gasteiger partial charge is 0.277 e. The Morgan fingerprint density at radius 3 is 2.46 bits per heavy atom. The quantitative estimate of drug-likeness (QED) is 0.371. The molecule has 0 fully saturated rings. The standard InChI is InChI=1S/C26H31N5O4/c1-6-35-14-21-29-22-23(31(21)15-26(2,3)33)19-12-11-18(13-20(19)28-24(22)27)16-7-9-17(10-8-16)25(32)30(4)34-5/h7-13,33H,6,14-15H2,1-5H3,(H2,27,28). The van der Waals surface area contributed by atoms with E-state index in [1.165, 1.54) is 12.2 Å². The lowest BCUT2D eigenvalue weighted by atomic mass is 10.0. The molecule has 0 aliphatic heterocycles. The van der Waals surface area contributed by atoms with E-state index in [0.29, 0.717) is 48.0 Å². The van der Waals surface area contributed by atoms with Gasteiger partial charge in [0.25, 0.3) is 5.91 Å². The van der Waals surface area contributed by atoms with Crippen molar-refractivity contribution >= 4 is 33.7 Å². The van der Waals surface area contributed by atoms with Crippen molar-refractivity contribution in [2.24, 2.45) is 0 Å². The molecule has 2 aromatic carbocycles. The molecule has 0 aliphatic rings. The van der Waals surface area contributed by atoms with Gasteiger partial charge in [0.15, 0.2) is 5.82 Å². The Kier molecular flexibility index (Phi) is 6.75. The van der Waals surface area contributed by atoms with Crippen LogP contribution in [-0.2, 0) is 22.7 Å². The van der Waals surface area contributed by atoms with Crippen molar-refractivity contribution in [2.45, 2.75) is 39.5 Å². The molecule has 2 aromatic heterocycles. The van der Waals surface area contributed by atoms with Crippen molar-refractivity contribution in [3.05, 3.63) is 53.9 Å². The molecule has 0 saturated carbocycles. The Balaban J connectivity index is 1.81. The number of hydrogen-bond donors (Lipinski definition) is 2. The first kappa shape index (κ1) is 24.6. The second-order valence-electron chi connectivity index (χ2n) is 9.05. The summed E-state index contributed by atoms with van der Waals surface area (Å²) in [7, 11) is 3.02. The fourth-order valence-electron chi connectivity index (χ4n) is 4.07. The van der Waals surface area contributed by atoms with Gasteiger partial charge in [0.05, 0.1) is 30.3 Å². The molecule has 0 saturated heterocycles. The number of nitrogens with two attached hydrogens (primary N) is 1. The van der Waals surface area contributed by atoms with Gasteiger partial charge in [-0.1, -0.05) is 24.3 Å². The molecule has 9 nitrogen and oxygen atoms in total. The van der Waals surface area contributed by atoms with Crippen LogP contribution in [0.2, 0.25) is 0 Å². The number of aliphatic hydroxyl groups is 1. The Morgan fingerprint density at radius 2 is 1.83 bits per heavy atom. The summed E-state index contributed by atoms with van der Waals surface area (Å²) in [6, 6.07) is 13.3. The van der Waals surface area contributed by atoms with E-state index in [-0.39, 0.29) is 5.91 Å². The number of ether oxygens (including phenoxy) is 1. The lowest BCUT2D eigenvalue weighted by Crippen LogP contribution is -2.27. The molecule has 3 N–H and O–H groups in total. The maximum atomic E-state index is 12.3.